The summed E-state index contributed by atoms with van der Waals surface area (Å²) in [6.45, 7) is 6.53. The smallest absolute Gasteiger partial charge is 0.417 e. The Kier molecular flexibility index (Phi) is 6.33. The summed E-state index contributed by atoms with van der Waals surface area (Å²) in [4.78, 5) is 38.8. The lowest BCUT2D eigenvalue weighted by molar-refractivity contribution is -0.142. The Hall–Kier alpha value is -2.93. The van der Waals surface area contributed by atoms with Gasteiger partial charge in [-0.2, -0.15) is 0 Å². The molecule has 0 saturated carbocycles. The van der Waals surface area contributed by atoms with Crippen LogP contribution in [-0.2, 0) is 20.7 Å². The number of primary amides is 1. The highest BCUT2D eigenvalue weighted by Crippen LogP contribution is 2.38. The summed E-state index contributed by atoms with van der Waals surface area (Å²) in [7, 11) is 0. The molecular formula is C24H26ClFN2O4. The fraction of sp³-hybridized carbons (Fsp3) is 0.375. The number of nitrogens with zero attached hydrogens (tertiary/aromatic N) is 1. The van der Waals surface area contributed by atoms with Crippen molar-refractivity contribution in [1.82, 2.24) is 4.90 Å². The Labute approximate surface area is 191 Å². The van der Waals surface area contributed by atoms with Gasteiger partial charge in [-0.15, -0.1) is 0 Å². The van der Waals surface area contributed by atoms with Crippen LogP contribution in [0, 0.1) is 11.2 Å². The summed E-state index contributed by atoms with van der Waals surface area (Å²) in [5.74, 6) is -1.84. The van der Waals surface area contributed by atoms with Gasteiger partial charge in [-0.3, -0.25) is 9.59 Å². The van der Waals surface area contributed by atoms with Crippen molar-refractivity contribution >= 4 is 29.5 Å². The molecule has 170 valence electrons. The van der Waals surface area contributed by atoms with Crippen LogP contribution in [0.5, 0.6) is 0 Å². The van der Waals surface area contributed by atoms with Crippen molar-refractivity contribution < 1.29 is 23.5 Å². The molecule has 1 aliphatic rings. The minimum Gasteiger partial charge on any atom is -0.443 e. The topological polar surface area (TPSA) is 89.7 Å². The number of imide groups is 1. The largest absolute Gasteiger partial charge is 0.443 e. The Balaban J connectivity index is 1.88. The second-order valence-corrected chi connectivity index (χ2v) is 9.67. The zero-order chi connectivity index (χ0) is 23.8. The molecule has 1 aliphatic heterocycles. The molecule has 0 aliphatic carbocycles. The SMILES string of the molecule is CC(C)(C)OC(=O)N1C(=O)[C@](C)(C(N)=O)C[C@H]1Cc1ccc(-c2cc(Cl)ccc2F)cc1. The van der Waals surface area contributed by atoms with Gasteiger partial charge in [-0.1, -0.05) is 35.9 Å². The number of benzene rings is 2. The first-order valence-corrected chi connectivity index (χ1v) is 10.6. The van der Waals surface area contributed by atoms with E-state index in [4.69, 9.17) is 22.1 Å². The third-order valence-corrected chi connectivity index (χ3v) is 5.73. The van der Waals surface area contributed by atoms with Crippen molar-refractivity contribution in [2.45, 2.75) is 52.2 Å². The lowest BCUT2D eigenvalue weighted by Gasteiger charge is -2.27. The predicted molar refractivity (Wildman–Crippen MR) is 119 cm³/mol. The minimum atomic E-state index is -1.49. The summed E-state index contributed by atoms with van der Waals surface area (Å²) >= 11 is 5.98. The van der Waals surface area contributed by atoms with Crippen LogP contribution in [0.25, 0.3) is 11.1 Å². The molecule has 0 aromatic heterocycles. The molecule has 3 amide bonds. The molecule has 1 heterocycles. The Morgan fingerprint density at radius 1 is 1.22 bits per heavy atom. The van der Waals surface area contributed by atoms with E-state index in [0.29, 0.717) is 22.6 Å². The number of carbonyl (C=O) groups is 3. The van der Waals surface area contributed by atoms with Crippen LogP contribution in [0.4, 0.5) is 9.18 Å². The number of halogens is 2. The van der Waals surface area contributed by atoms with Crippen molar-refractivity contribution in [3.05, 3.63) is 58.9 Å². The standard InChI is InChI=1S/C24H26ClFN2O4/c1-23(2,3)32-22(31)28-17(13-24(4,20(27)29)21(28)30)11-14-5-7-15(8-6-14)18-12-16(25)9-10-19(18)26/h5-10,12,17H,11,13H2,1-4H3,(H2,27,29)/t17-,24+/m1/s1. The third kappa shape index (κ3) is 4.78. The second-order valence-electron chi connectivity index (χ2n) is 9.24. The molecule has 0 unspecified atom stereocenters. The summed E-state index contributed by atoms with van der Waals surface area (Å²) < 4.78 is 19.6. The van der Waals surface area contributed by atoms with E-state index in [1.165, 1.54) is 19.1 Å². The van der Waals surface area contributed by atoms with E-state index in [0.717, 1.165) is 10.5 Å². The van der Waals surface area contributed by atoms with E-state index in [1.54, 1.807) is 51.1 Å². The fourth-order valence-electron chi connectivity index (χ4n) is 3.81. The maximum atomic E-state index is 14.2. The Morgan fingerprint density at radius 3 is 2.41 bits per heavy atom. The monoisotopic (exact) mass is 460 g/mol. The van der Waals surface area contributed by atoms with Gasteiger partial charge < -0.3 is 10.5 Å². The van der Waals surface area contributed by atoms with Gasteiger partial charge in [0.2, 0.25) is 11.8 Å². The van der Waals surface area contributed by atoms with E-state index in [2.05, 4.69) is 0 Å². The average Bonchev–Trinajstić information content (AvgIpc) is 2.94. The maximum absolute atomic E-state index is 14.2. The molecule has 3 rings (SSSR count). The van der Waals surface area contributed by atoms with E-state index in [-0.39, 0.29) is 6.42 Å². The normalized spacial score (nSPS) is 21.0. The molecule has 2 N–H and O–H groups in total. The van der Waals surface area contributed by atoms with Crippen molar-refractivity contribution in [2.75, 3.05) is 0 Å². The van der Waals surface area contributed by atoms with Gasteiger partial charge in [0.25, 0.3) is 0 Å². The van der Waals surface area contributed by atoms with Crippen LogP contribution in [0.15, 0.2) is 42.5 Å². The first-order valence-electron chi connectivity index (χ1n) is 10.2. The van der Waals surface area contributed by atoms with Crippen LogP contribution < -0.4 is 5.73 Å². The second kappa shape index (κ2) is 8.54. The summed E-state index contributed by atoms with van der Waals surface area (Å²) in [6, 6.07) is 10.8. The van der Waals surface area contributed by atoms with Crippen LogP contribution >= 0.6 is 11.6 Å². The van der Waals surface area contributed by atoms with Crippen LogP contribution in [-0.4, -0.2) is 34.5 Å². The van der Waals surface area contributed by atoms with Gasteiger partial charge in [0.15, 0.2) is 0 Å². The van der Waals surface area contributed by atoms with Gasteiger partial charge in [-0.25, -0.2) is 14.1 Å². The first-order chi connectivity index (χ1) is 14.8. The molecule has 0 spiro atoms. The maximum Gasteiger partial charge on any atom is 0.417 e. The Morgan fingerprint density at radius 2 is 1.84 bits per heavy atom. The molecule has 0 bridgehead atoms. The van der Waals surface area contributed by atoms with Gasteiger partial charge >= 0.3 is 6.09 Å². The van der Waals surface area contributed by atoms with E-state index in [9.17, 15) is 18.8 Å². The minimum absolute atomic E-state index is 0.0884. The lowest BCUT2D eigenvalue weighted by Crippen LogP contribution is -2.47. The molecule has 2 aromatic rings. The first kappa shape index (κ1) is 23.7. The zero-order valence-electron chi connectivity index (χ0n) is 18.4. The van der Waals surface area contributed by atoms with Crippen molar-refractivity contribution in [3.63, 3.8) is 0 Å². The van der Waals surface area contributed by atoms with Gasteiger partial charge in [0.05, 0.1) is 0 Å². The van der Waals surface area contributed by atoms with Gasteiger partial charge in [0, 0.05) is 16.6 Å². The highest BCUT2D eigenvalue weighted by atomic mass is 35.5. The van der Waals surface area contributed by atoms with E-state index >= 15 is 0 Å². The quantitative estimate of drug-likeness (QED) is 0.668. The fourth-order valence-corrected chi connectivity index (χ4v) is 3.98. The molecule has 2 atom stereocenters. The lowest BCUT2D eigenvalue weighted by atomic mass is 9.85. The molecular weight excluding hydrogens is 435 g/mol. The van der Waals surface area contributed by atoms with Gasteiger partial charge in [0.1, 0.15) is 16.8 Å². The zero-order valence-corrected chi connectivity index (χ0v) is 19.2. The number of hydrogen-bond donors (Lipinski definition) is 1. The van der Waals surface area contributed by atoms with Gasteiger partial charge in [-0.05, 0) is 69.9 Å². The van der Waals surface area contributed by atoms with Crippen LogP contribution in [0.3, 0.4) is 0 Å². The van der Waals surface area contributed by atoms with Crippen LogP contribution in [0.2, 0.25) is 5.02 Å². The number of likely N-dealkylation sites (tertiary alicyclic amines) is 1. The molecule has 8 heteroatoms. The highest BCUT2D eigenvalue weighted by molar-refractivity contribution is 6.30. The number of ether oxygens (including phenoxy) is 1. The summed E-state index contributed by atoms with van der Waals surface area (Å²) in [5.41, 5.74) is 5.00. The summed E-state index contributed by atoms with van der Waals surface area (Å²) in [5, 5.41) is 0.425. The van der Waals surface area contributed by atoms with E-state index in [1.807, 2.05) is 0 Å². The van der Waals surface area contributed by atoms with Crippen LogP contribution in [0.1, 0.15) is 39.7 Å². The molecule has 6 nitrogen and oxygen atoms in total. The third-order valence-electron chi connectivity index (χ3n) is 5.50. The van der Waals surface area contributed by atoms with Crippen molar-refractivity contribution in [3.8, 4) is 11.1 Å². The van der Waals surface area contributed by atoms with Crippen molar-refractivity contribution in [2.24, 2.45) is 11.1 Å². The highest BCUT2D eigenvalue weighted by Gasteiger charge is 2.55. The Bertz CT molecular complexity index is 1060. The van der Waals surface area contributed by atoms with Crippen molar-refractivity contribution in [1.29, 1.82) is 0 Å². The number of rotatable bonds is 4. The number of nitrogens with two attached hydrogens (primary N) is 1. The molecule has 2 aromatic carbocycles. The summed E-state index contributed by atoms with van der Waals surface area (Å²) in [6.07, 6.45) is -0.424. The molecule has 32 heavy (non-hydrogen) atoms. The average molecular weight is 461 g/mol. The number of carbonyl (C=O) groups excluding carboxylic acids is 3. The molecule has 0 radical (unpaired) electrons. The predicted octanol–water partition coefficient (Wildman–Crippen LogP) is 4.72. The molecule has 1 fully saturated rings. The molecule has 1 saturated heterocycles. The number of hydrogen-bond acceptors (Lipinski definition) is 4. The number of amides is 3. The van der Waals surface area contributed by atoms with E-state index < -0.39 is 40.8 Å².